The maximum Gasteiger partial charge on any atom is 0.409 e. The molecule has 13 heteroatoms. The van der Waals surface area contributed by atoms with E-state index in [2.05, 4.69) is 15.3 Å². The number of nitrogens with zero attached hydrogens (tertiary/aromatic N) is 4. The molecule has 1 aliphatic heterocycles. The van der Waals surface area contributed by atoms with E-state index in [-0.39, 0.29) is 50.6 Å². The molecule has 2 fully saturated rings. The number of carbonyl (C=O) groups excluding carboxylic acids is 4. The van der Waals surface area contributed by atoms with Gasteiger partial charge in [0.2, 0.25) is 11.8 Å². The Labute approximate surface area is 279 Å². The van der Waals surface area contributed by atoms with Gasteiger partial charge in [-0.05, 0) is 57.2 Å². The summed E-state index contributed by atoms with van der Waals surface area (Å²) in [6.07, 6.45) is 3.53. The number of carbonyl (C=O) groups is 4. The van der Waals surface area contributed by atoms with Crippen molar-refractivity contribution in [3.05, 3.63) is 71.9 Å². The highest BCUT2D eigenvalue weighted by Gasteiger charge is 2.32. The van der Waals surface area contributed by atoms with E-state index in [1.54, 1.807) is 47.9 Å². The summed E-state index contributed by atoms with van der Waals surface area (Å²) >= 11 is 0. The maximum absolute atomic E-state index is 14.1. The molecule has 0 spiro atoms. The van der Waals surface area contributed by atoms with E-state index in [0.29, 0.717) is 41.7 Å². The van der Waals surface area contributed by atoms with Crippen LogP contribution in [0.1, 0.15) is 61.6 Å². The van der Waals surface area contributed by atoms with Crippen LogP contribution in [-0.4, -0.2) is 95.7 Å². The number of rotatable bonds is 12. The highest BCUT2D eigenvalue weighted by Crippen LogP contribution is 2.27. The molecule has 1 atom stereocenters. The van der Waals surface area contributed by atoms with Crippen LogP contribution in [0.5, 0.6) is 11.6 Å². The average Bonchev–Trinajstić information content (AvgIpc) is 3.63. The molecule has 1 saturated carbocycles. The molecule has 48 heavy (non-hydrogen) atoms. The van der Waals surface area contributed by atoms with E-state index in [9.17, 15) is 19.2 Å². The number of piperazine rings is 1. The zero-order valence-electron chi connectivity index (χ0n) is 27.3. The summed E-state index contributed by atoms with van der Waals surface area (Å²) in [5.74, 6) is -0.424. The Hall–Kier alpha value is -5.20. The zero-order chi connectivity index (χ0) is 33.9. The van der Waals surface area contributed by atoms with Crippen molar-refractivity contribution in [3.8, 4) is 23.0 Å². The molecule has 2 aromatic carbocycles. The first-order valence-corrected chi connectivity index (χ1v) is 16.4. The summed E-state index contributed by atoms with van der Waals surface area (Å²) in [4.78, 5) is 64.3. The normalized spacial score (nSPS) is 15.4. The van der Waals surface area contributed by atoms with Crippen LogP contribution in [0.15, 0.2) is 60.7 Å². The predicted molar refractivity (Wildman–Crippen MR) is 174 cm³/mol. The molecule has 1 N–H and O–H groups in total. The molecule has 0 radical (unpaired) electrons. The first-order chi connectivity index (χ1) is 23.3. The Morgan fingerprint density at radius 1 is 0.854 bits per heavy atom. The molecular formula is C35H41N5O8. The summed E-state index contributed by atoms with van der Waals surface area (Å²) in [7, 11) is 0. The minimum atomic E-state index is -1.10. The number of amides is 3. The van der Waals surface area contributed by atoms with E-state index < -0.39 is 24.0 Å². The minimum Gasteiger partial charge on any atom is -0.482 e. The smallest absolute Gasteiger partial charge is 0.409 e. The lowest BCUT2D eigenvalue weighted by molar-refractivity contribution is -0.145. The van der Waals surface area contributed by atoms with Gasteiger partial charge in [-0.15, -0.1) is 0 Å². The largest absolute Gasteiger partial charge is 0.482 e. The van der Waals surface area contributed by atoms with Gasteiger partial charge in [0.25, 0.3) is 5.91 Å². The minimum absolute atomic E-state index is 0.00611. The third-order valence-corrected chi connectivity index (χ3v) is 8.07. The van der Waals surface area contributed by atoms with Crippen molar-refractivity contribution in [2.24, 2.45) is 0 Å². The van der Waals surface area contributed by atoms with E-state index in [1.165, 1.54) is 6.07 Å². The van der Waals surface area contributed by atoms with Crippen LogP contribution < -0.4 is 14.8 Å². The Bertz CT molecular complexity index is 1550. The second-order valence-corrected chi connectivity index (χ2v) is 11.4. The van der Waals surface area contributed by atoms with Gasteiger partial charge in [0.1, 0.15) is 23.6 Å². The van der Waals surface area contributed by atoms with Crippen LogP contribution in [0.2, 0.25) is 0 Å². The molecule has 3 amide bonds. The number of hydrogen-bond donors (Lipinski definition) is 1. The predicted octanol–water partition coefficient (Wildman–Crippen LogP) is 4.18. The second kappa shape index (κ2) is 16.6. The molecule has 2 aliphatic rings. The van der Waals surface area contributed by atoms with E-state index in [4.69, 9.17) is 18.9 Å². The van der Waals surface area contributed by atoms with Crippen LogP contribution in [0, 0.1) is 0 Å². The Morgan fingerprint density at radius 3 is 2.19 bits per heavy atom. The molecule has 0 bridgehead atoms. The maximum atomic E-state index is 14.1. The lowest BCUT2D eigenvalue weighted by Gasteiger charge is -2.36. The molecule has 254 valence electrons. The monoisotopic (exact) mass is 659 g/mol. The van der Waals surface area contributed by atoms with Gasteiger partial charge in [0, 0.05) is 37.8 Å². The van der Waals surface area contributed by atoms with Gasteiger partial charge in [0.15, 0.2) is 12.4 Å². The van der Waals surface area contributed by atoms with Crippen LogP contribution in [0.4, 0.5) is 4.79 Å². The number of nitrogens with one attached hydrogen (secondary N) is 1. The third-order valence-electron chi connectivity index (χ3n) is 8.07. The van der Waals surface area contributed by atoms with Gasteiger partial charge in [0.05, 0.1) is 13.2 Å². The first kappa shape index (κ1) is 34.1. The fourth-order valence-corrected chi connectivity index (χ4v) is 5.60. The molecule has 13 nitrogen and oxygen atoms in total. The quantitative estimate of drug-likeness (QED) is 0.281. The number of hydrogen-bond acceptors (Lipinski definition) is 10. The molecule has 1 aliphatic carbocycles. The summed E-state index contributed by atoms with van der Waals surface area (Å²) in [6.45, 7) is 4.79. The third kappa shape index (κ3) is 8.99. The van der Waals surface area contributed by atoms with Crippen molar-refractivity contribution < 1.29 is 38.1 Å². The fourth-order valence-electron chi connectivity index (χ4n) is 5.60. The van der Waals surface area contributed by atoms with Gasteiger partial charge < -0.3 is 34.1 Å². The fraction of sp³-hybridized carbons (Fsp3) is 0.429. The number of benzene rings is 2. The van der Waals surface area contributed by atoms with E-state index in [1.807, 2.05) is 30.3 Å². The van der Waals surface area contributed by atoms with Crippen LogP contribution in [-0.2, 0) is 19.1 Å². The number of aromatic nitrogens is 2. The van der Waals surface area contributed by atoms with Gasteiger partial charge in [-0.3, -0.25) is 9.59 Å². The molecule has 3 aromatic rings. The molecule has 1 aromatic heterocycles. The van der Waals surface area contributed by atoms with Crippen LogP contribution in [0.3, 0.4) is 0 Å². The summed E-state index contributed by atoms with van der Waals surface area (Å²) in [6, 6.07) is 16.3. The van der Waals surface area contributed by atoms with Crippen molar-refractivity contribution in [2.75, 3.05) is 46.0 Å². The van der Waals surface area contributed by atoms with Gasteiger partial charge >= 0.3 is 12.1 Å². The van der Waals surface area contributed by atoms with Gasteiger partial charge in [-0.1, -0.05) is 42.5 Å². The first-order valence-electron chi connectivity index (χ1n) is 16.4. The van der Waals surface area contributed by atoms with Crippen molar-refractivity contribution in [3.63, 3.8) is 0 Å². The van der Waals surface area contributed by atoms with Gasteiger partial charge in [-0.2, -0.15) is 4.98 Å². The second-order valence-electron chi connectivity index (χ2n) is 11.4. The van der Waals surface area contributed by atoms with Crippen molar-refractivity contribution in [1.82, 2.24) is 25.1 Å². The van der Waals surface area contributed by atoms with Crippen molar-refractivity contribution in [1.29, 1.82) is 0 Å². The van der Waals surface area contributed by atoms with Crippen LogP contribution >= 0.6 is 0 Å². The SMILES string of the molecule is CCOC(=O)COc1ccc([C@H](NC(=O)c2cc(OC3CCCC3)nc(-c3ccccc3)n2)C(=O)N2CCN(C(=O)OCC)CC2)cc1. The summed E-state index contributed by atoms with van der Waals surface area (Å²) in [5, 5.41) is 2.89. The highest BCUT2D eigenvalue weighted by atomic mass is 16.6. The van der Waals surface area contributed by atoms with Crippen molar-refractivity contribution in [2.45, 2.75) is 51.7 Å². The highest BCUT2D eigenvalue weighted by molar-refractivity contribution is 5.97. The number of esters is 1. The summed E-state index contributed by atoms with van der Waals surface area (Å²) < 4.78 is 21.7. The van der Waals surface area contributed by atoms with Gasteiger partial charge in [-0.25, -0.2) is 14.6 Å². The lowest BCUT2D eigenvalue weighted by atomic mass is 10.0. The Kier molecular flexibility index (Phi) is 11.8. The Morgan fingerprint density at radius 2 is 1.52 bits per heavy atom. The molecule has 1 saturated heterocycles. The number of ether oxygens (including phenoxy) is 4. The lowest BCUT2D eigenvalue weighted by Crippen LogP contribution is -2.53. The molecule has 5 rings (SSSR count). The molecular weight excluding hydrogens is 618 g/mol. The van der Waals surface area contributed by atoms with E-state index >= 15 is 0 Å². The average molecular weight is 660 g/mol. The van der Waals surface area contributed by atoms with Crippen LogP contribution in [0.25, 0.3) is 11.4 Å². The van der Waals surface area contributed by atoms with E-state index in [0.717, 1.165) is 25.7 Å². The van der Waals surface area contributed by atoms with Crippen molar-refractivity contribution >= 4 is 23.9 Å². The zero-order valence-corrected chi connectivity index (χ0v) is 27.3. The molecule has 0 unspecified atom stereocenters. The summed E-state index contributed by atoms with van der Waals surface area (Å²) in [5.41, 5.74) is 1.26. The Balaban J connectivity index is 1.40. The standard InChI is InChI=1S/C35H41N5O8/c1-3-45-30(41)23-47-26-16-14-24(15-17-26)31(34(43)39-18-20-40(21-19-39)35(44)46-4-2)38-33(42)28-22-29(48-27-12-8-9-13-27)37-32(36-28)25-10-6-5-7-11-25/h5-7,10-11,14-17,22,27,31H,3-4,8-9,12-13,18-21,23H2,1-2H3,(H,38,42)/t31-/m0/s1. The molecule has 2 heterocycles. The topological polar surface area (TPSA) is 149 Å².